The molecule has 2 aromatic heterocycles. The van der Waals surface area contributed by atoms with Gasteiger partial charge in [-0.3, -0.25) is 14.1 Å². The van der Waals surface area contributed by atoms with Crippen LogP contribution >= 0.6 is 0 Å². The van der Waals surface area contributed by atoms with Gasteiger partial charge in [-0.05, 0) is 42.0 Å². The molecule has 5 rings (SSSR count). The van der Waals surface area contributed by atoms with E-state index in [1.165, 1.54) is 48.5 Å². The molecule has 2 heterocycles. The molecule has 13 heteroatoms. The molecule has 0 amide bonds. The summed E-state index contributed by atoms with van der Waals surface area (Å²) in [4.78, 5) is 8.45. The quantitative estimate of drug-likeness (QED) is 0.188. The Hall–Kier alpha value is -5.36. The van der Waals surface area contributed by atoms with E-state index in [-0.39, 0.29) is 21.3 Å². The fourth-order valence-electron chi connectivity index (χ4n) is 3.71. The molecular weight excluding hydrogens is 797 g/mol. The van der Waals surface area contributed by atoms with Gasteiger partial charge in [-0.25, -0.2) is 4.98 Å². The summed E-state index contributed by atoms with van der Waals surface area (Å²) in [6, 6.07) is 24.7. The molecule has 10 nitrogen and oxygen atoms in total. The molecule has 0 bridgehead atoms. The Bertz CT molecular complexity index is 1850. The van der Waals surface area contributed by atoms with Gasteiger partial charge in [-0.1, -0.05) is 24.3 Å². The van der Waals surface area contributed by atoms with Crippen LogP contribution in [0.1, 0.15) is 0 Å². The summed E-state index contributed by atoms with van der Waals surface area (Å²) in [6.07, 6.45) is 1.62. The van der Waals surface area contributed by atoms with E-state index < -0.39 is 20.2 Å². The Kier molecular flexibility index (Phi) is 6.97. The van der Waals surface area contributed by atoms with Gasteiger partial charge in [0.1, 0.15) is 17.1 Å². The zero-order valence-corrected chi connectivity index (χ0v) is 28.1. The Morgan fingerprint density at radius 1 is 0.615 bits per heavy atom. The molecule has 0 aliphatic carbocycles. The van der Waals surface area contributed by atoms with Gasteiger partial charge < -0.3 is 0 Å². The summed E-state index contributed by atoms with van der Waals surface area (Å²) in [5.74, 6) is 0.196. The van der Waals surface area contributed by atoms with Crippen LogP contribution in [0.2, 0.25) is 0 Å². The molecular formula is C26H17N4O6S2Sg-. The van der Waals surface area contributed by atoms with Crippen LogP contribution in [0, 0.1) is 6.07 Å². The summed E-state index contributed by atoms with van der Waals surface area (Å²) >= 11 is 0. The van der Waals surface area contributed by atoms with Gasteiger partial charge >= 0.3 is 0 Å². The molecule has 2 N–H and O–H groups in total. The number of aromatic nitrogens is 4. The first-order valence-electron chi connectivity index (χ1n) is 10.9. The number of pyridine rings is 1. The van der Waals surface area contributed by atoms with Crippen LogP contribution in [-0.4, -0.2) is 46.1 Å². The van der Waals surface area contributed by atoms with E-state index >= 15 is 0 Å². The van der Waals surface area contributed by atoms with Crippen molar-refractivity contribution >= 4 is 20.2 Å². The second-order valence-electron chi connectivity index (χ2n) is 8.05. The molecule has 0 aliphatic rings. The van der Waals surface area contributed by atoms with E-state index in [9.17, 15) is 25.9 Å². The van der Waals surface area contributed by atoms with Crippen LogP contribution in [0.3, 0.4) is 0 Å². The summed E-state index contributed by atoms with van der Waals surface area (Å²) in [5, 5.41) is 8.57. The Morgan fingerprint density at radius 2 is 1.15 bits per heavy atom. The number of hydrogen-bond acceptors (Lipinski definition) is 8. The maximum Gasteiger partial charge on any atom is 0.294 e. The molecule has 3 aromatic carbocycles. The summed E-state index contributed by atoms with van der Waals surface area (Å²) in [6.45, 7) is 0. The van der Waals surface area contributed by atoms with Gasteiger partial charge in [0.05, 0.1) is 9.79 Å². The number of nitrogens with zero attached hydrogens (tertiary/aromatic N) is 4. The first-order chi connectivity index (χ1) is 18.1. The third-order valence-corrected chi connectivity index (χ3v) is 7.31. The van der Waals surface area contributed by atoms with Gasteiger partial charge in [-0.2, -0.15) is 47.2 Å². The van der Waals surface area contributed by atoms with E-state index in [1.54, 1.807) is 24.4 Å². The smallest absolute Gasteiger partial charge is 0.282 e. The summed E-state index contributed by atoms with van der Waals surface area (Å²) in [7, 11) is -8.80. The molecule has 0 fully saturated rings. The molecule has 0 atom stereocenters. The van der Waals surface area contributed by atoms with Crippen LogP contribution < -0.4 is 0 Å². The standard InChI is InChI=1S/C26H17N4O6S2.Sg/c31-37(32,33)21-10-6-18(7-11-21)24-25(19-8-12-22(13-9-19)38(34,35)36)29-30-26(28-24)23-16-20(14-15-27-23)17-4-2-1-3-5-17;/h2-16H,(H,31,32,33)(H,34,35,36);/q-1;. The Labute approximate surface area is 218 Å². The molecule has 0 saturated heterocycles. The Morgan fingerprint density at radius 3 is 1.69 bits per heavy atom. The van der Waals surface area contributed by atoms with Crippen LogP contribution in [-0.2, 0) is 20.2 Å². The predicted octanol–water partition coefficient (Wildman–Crippen LogP) is 4.23. The second kappa shape index (κ2) is 10.2. The van der Waals surface area contributed by atoms with Crippen molar-refractivity contribution < 1.29 is 25.9 Å². The zero-order valence-electron chi connectivity index (χ0n) is 20.0. The van der Waals surface area contributed by atoms with Gasteiger partial charge in [0.25, 0.3) is 20.2 Å². The minimum absolute atomic E-state index is 0. The molecule has 0 aliphatic heterocycles. The van der Waals surface area contributed by atoms with Crippen molar-refractivity contribution in [2.45, 2.75) is 9.79 Å². The van der Waals surface area contributed by atoms with E-state index in [0.717, 1.165) is 11.1 Å². The average Bonchev–Trinajstić information content (AvgIpc) is 2.92. The number of rotatable bonds is 6. The maximum atomic E-state index is 11.5. The molecule has 39 heavy (non-hydrogen) atoms. The summed E-state index contributed by atoms with van der Waals surface area (Å²) in [5.41, 5.74) is 3.72. The van der Waals surface area contributed by atoms with Crippen molar-refractivity contribution in [3.63, 3.8) is 0 Å². The molecule has 0 saturated carbocycles. The molecule has 192 valence electrons. The normalized spacial score (nSPS) is 11.5. The third-order valence-electron chi connectivity index (χ3n) is 5.58. The van der Waals surface area contributed by atoms with E-state index in [2.05, 4.69) is 26.2 Å². The number of hydrogen-bond donors (Lipinski definition) is 2. The van der Waals surface area contributed by atoms with Crippen molar-refractivity contribution in [1.82, 2.24) is 20.2 Å². The summed E-state index contributed by atoms with van der Waals surface area (Å²) < 4.78 is 64.6. The first kappa shape index (κ1) is 26.7. The van der Waals surface area contributed by atoms with Crippen LogP contribution in [0.5, 0.6) is 0 Å². The van der Waals surface area contributed by atoms with Crippen molar-refractivity contribution in [3.05, 3.63) is 97.2 Å². The molecule has 0 radical (unpaired) electrons. The number of benzene rings is 3. The average molecular weight is 815 g/mol. The fraction of sp³-hybridized carbons (Fsp3) is 0. The molecule has 0 unspecified atom stereocenters. The minimum atomic E-state index is -4.41. The van der Waals surface area contributed by atoms with Crippen LogP contribution in [0.25, 0.3) is 45.2 Å². The topological polar surface area (TPSA) is 160 Å². The van der Waals surface area contributed by atoms with Crippen molar-refractivity contribution in [1.29, 1.82) is 0 Å². The SMILES string of the molecule is O=S(=O)(O)c1ccc(-c2nnc(-c3cc(-c4cc[c-]cc4)ccn3)nc2-c2ccc(S(=O)(=O)O)cc2)cc1.[Sg]. The van der Waals surface area contributed by atoms with E-state index in [0.29, 0.717) is 22.5 Å². The second-order valence-corrected chi connectivity index (χ2v) is 10.9. The Balaban J connectivity index is 0.00000353. The van der Waals surface area contributed by atoms with E-state index in [1.807, 2.05) is 18.2 Å². The van der Waals surface area contributed by atoms with Gasteiger partial charge in [0, 0.05) is 17.3 Å². The zero-order chi connectivity index (χ0) is 26.9. The first-order valence-corrected chi connectivity index (χ1v) is 13.8. The third kappa shape index (κ3) is 5.65. The van der Waals surface area contributed by atoms with Crippen molar-refractivity contribution in [2.24, 2.45) is 0 Å². The van der Waals surface area contributed by atoms with Gasteiger partial charge in [0.15, 0.2) is 0 Å². The minimum Gasteiger partial charge on any atom is -0.282 e. The molecule has 0 spiro atoms. The largest absolute Gasteiger partial charge is 0.294 e. The monoisotopic (exact) mass is 816 g/mol. The van der Waals surface area contributed by atoms with Gasteiger partial charge in [-0.15, -0.1) is 15.8 Å². The van der Waals surface area contributed by atoms with Crippen molar-refractivity contribution in [3.8, 4) is 45.2 Å². The maximum absolute atomic E-state index is 11.5. The predicted molar refractivity (Wildman–Crippen MR) is 138 cm³/mol. The molecule has 5 aromatic rings. The van der Waals surface area contributed by atoms with Crippen molar-refractivity contribution in [2.75, 3.05) is 0 Å². The van der Waals surface area contributed by atoms with Gasteiger partial charge in [0.2, 0.25) is 5.82 Å². The fourth-order valence-corrected chi connectivity index (χ4v) is 4.67. The van der Waals surface area contributed by atoms with Crippen LogP contribution in [0.4, 0.5) is 0 Å². The van der Waals surface area contributed by atoms with Crippen LogP contribution in [0.15, 0.2) is 101 Å². The van der Waals surface area contributed by atoms with E-state index in [4.69, 9.17) is 0 Å².